The van der Waals surface area contributed by atoms with Gasteiger partial charge in [0.1, 0.15) is 6.04 Å². The minimum atomic E-state index is -4.03. The lowest BCUT2D eigenvalue weighted by Crippen LogP contribution is -2.44. The predicted molar refractivity (Wildman–Crippen MR) is 119 cm³/mol. The summed E-state index contributed by atoms with van der Waals surface area (Å²) in [5.41, 5.74) is 2.33. The Morgan fingerprint density at radius 3 is 2.58 bits per heavy atom. The van der Waals surface area contributed by atoms with E-state index >= 15 is 0 Å². The van der Waals surface area contributed by atoms with Crippen LogP contribution in [0.1, 0.15) is 32.8 Å². The average Bonchev–Trinajstić information content (AvgIpc) is 3.00. The van der Waals surface area contributed by atoms with E-state index in [9.17, 15) is 18.0 Å². The molecule has 2 aromatic carbocycles. The summed E-state index contributed by atoms with van der Waals surface area (Å²) in [5, 5.41) is 2.81. The van der Waals surface area contributed by atoms with Gasteiger partial charge in [0.15, 0.2) is 5.58 Å². The molecule has 0 aliphatic carbocycles. The molecule has 1 heterocycles. The van der Waals surface area contributed by atoms with Gasteiger partial charge in [-0.2, -0.15) is 4.72 Å². The maximum Gasteiger partial charge on any atom is 0.419 e. The van der Waals surface area contributed by atoms with Crippen molar-refractivity contribution in [3.05, 3.63) is 58.6 Å². The molecule has 1 amide bonds. The largest absolute Gasteiger partial charge is 0.419 e. The number of nitrogens with one attached hydrogen (secondary N) is 2. The van der Waals surface area contributed by atoms with Gasteiger partial charge in [0, 0.05) is 18.8 Å². The summed E-state index contributed by atoms with van der Waals surface area (Å²) in [6, 6.07) is 10.6. The number of fused-ring (bicyclic) bond motifs is 1. The SMILES string of the molecule is CCc1cccc(NC(=O)[C@@H](CC(C)C)NS(=O)(=O)c2ccc3c(c2)oc(=O)n3C)c1. The van der Waals surface area contributed by atoms with E-state index in [1.54, 1.807) is 6.07 Å². The van der Waals surface area contributed by atoms with Crippen LogP contribution >= 0.6 is 0 Å². The number of hydrogen-bond donors (Lipinski definition) is 2. The lowest BCUT2D eigenvalue weighted by atomic mass is 10.0. The van der Waals surface area contributed by atoms with Gasteiger partial charge in [-0.3, -0.25) is 9.36 Å². The summed E-state index contributed by atoms with van der Waals surface area (Å²) < 4.78 is 34.9. The molecule has 9 heteroatoms. The predicted octanol–water partition coefficient (Wildman–Crippen LogP) is 3.03. The Labute approximate surface area is 181 Å². The highest BCUT2D eigenvalue weighted by Gasteiger charge is 2.27. The van der Waals surface area contributed by atoms with Crippen LogP contribution in [0.15, 0.2) is 56.6 Å². The number of anilines is 1. The van der Waals surface area contributed by atoms with Crippen molar-refractivity contribution in [2.45, 2.75) is 44.6 Å². The average molecular weight is 446 g/mol. The van der Waals surface area contributed by atoms with E-state index in [1.165, 1.54) is 29.8 Å². The van der Waals surface area contributed by atoms with Crippen LogP contribution in [-0.2, 0) is 28.3 Å². The van der Waals surface area contributed by atoms with Crippen molar-refractivity contribution >= 4 is 32.7 Å². The van der Waals surface area contributed by atoms with Crippen molar-refractivity contribution < 1.29 is 17.6 Å². The molecule has 0 bridgehead atoms. The van der Waals surface area contributed by atoms with E-state index in [-0.39, 0.29) is 16.4 Å². The fourth-order valence-corrected chi connectivity index (χ4v) is 4.54. The number of aryl methyl sites for hydroxylation is 2. The second kappa shape index (κ2) is 9.07. The molecular formula is C22H27N3O5S. The van der Waals surface area contributed by atoms with E-state index in [4.69, 9.17) is 4.42 Å². The van der Waals surface area contributed by atoms with Gasteiger partial charge in [0.2, 0.25) is 15.9 Å². The molecule has 3 aromatic rings. The topological polar surface area (TPSA) is 110 Å². The number of carbonyl (C=O) groups is 1. The molecule has 0 fully saturated rings. The quantitative estimate of drug-likeness (QED) is 0.554. The molecule has 8 nitrogen and oxygen atoms in total. The summed E-state index contributed by atoms with van der Waals surface area (Å²) in [6.45, 7) is 5.84. The van der Waals surface area contributed by atoms with Crippen molar-refractivity contribution in [3.8, 4) is 0 Å². The van der Waals surface area contributed by atoms with E-state index in [2.05, 4.69) is 10.0 Å². The zero-order chi connectivity index (χ0) is 22.8. The fraction of sp³-hybridized carbons (Fsp3) is 0.364. The number of hydrogen-bond acceptors (Lipinski definition) is 5. The third kappa shape index (κ3) is 5.23. The second-order valence-electron chi connectivity index (χ2n) is 7.90. The van der Waals surface area contributed by atoms with Crippen LogP contribution in [0.2, 0.25) is 0 Å². The minimum Gasteiger partial charge on any atom is -0.408 e. The minimum absolute atomic E-state index is 0.0788. The zero-order valence-electron chi connectivity index (χ0n) is 18.0. The Kier molecular flexibility index (Phi) is 6.66. The highest BCUT2D eigenvalue weighted by Crippen LogP contribution is 2.20. The maximum atomic E-state index is 13.0. The lowest BCUT2D eigenvalue weighted by Gasteiger charge is -2.20. The van der Waals surface area contributed by atoms with Crippen molar-refractivity contribution in [2.75, 3.05) is 5.32 Å². The molecule has 2 N–H and O–H groups in total. The fourth-order valence-electron chi connectivity index (χ4n) is 3.32. The molecule has 0 aliphatic heterocycles. The van der Waals surface area contributed by atoms with Crippen molar-refractivity contribution in [1.82, 2.24) is 9.29 Å². The van der Waals surface area contributed by atoms with Gasteiger partial charge in [0.05, 0.1) is 10.4 Å². The molecule has 31 heavy (non-hydrogen) atoms. The number of sulfonamides is 1. The molecule has 0 spiro atoms. The Morgan fingerprint density at radius 2 is 1.90 bits per heavy atom. The second-order valence-corrected chi connectivity index (χ2v) is 9.62. The molecule has 3 rings (SSSR count). The van der Waals surface area contributed by atoms with Gasteiger partial charge < -0.3 is 9.73 Å². The van der Waals surface area contributed by atoms with Gasteiger partial charge in [-0.15, -0.1) is 0 Å². The smallest absolute Gasteiger partial charge is 0.408 e. The molecule has 0 radical (unpaired) electrons. The zero-order valence-corrected chi connectivity index (χ0v) is 18.8. The van der Waals surface area contributed by atoms with Gasteiger partial charge >= 0.3 is 5.76 Å². The third-order valence-electron chi connectivity index (χ3n) is 5.00. The van der Waals surface area contributed by atoms with Crippen LogP contribution in [-0.4, -0.2) is 24.9 Å². The van der Waals surface area contributed by atoms with Gasteiger partial charge in [-0.25, -0.2) is 13.2 Å². The van der Waals surface area contributed by atoms with Gasteiger partial charge in [-0.05, 0) is 48.6 Å². The monoisotopic (exact) mass is 445 g/mol. The van der Waals surface area contributed by atoms with Crippen molar-refractivity contribution in [2.24, 2.45) is 13.0 Å². The Bertz CT molecular complexity index is 1260. The van der Waals surface area contributed by atoms with Crippen molar-refractivity contribution in [1.29, 1.82) is 0 Å². The van der Waals surface area contributed by atoms with Crippen LogP contribution in [0.25, 0.3) is 11.1 Å². The number of benzene rings is 2. The van der Waals surface area contributed by atoms with Gasteiger partial charge in [-0.1, -0.05) is 32.9 Å². The highest BCUT2D eigenvalue weighted by atomic mass is 32.2. The first-order valence-corrected chi connectivity index (χ1v) is 11.6. The first-order valence-electron chi connectivity index (χ1n) is 10.1. The standard InChI is InChI=1S/C22H27N3O5S/c1-5-15-7-6-8-16(12-15)23-21(26)18(11-14(2)3)24-31(28,29)17-9-10-19-20(13-17)30-22(27)25(19)4/h6-10,12-14,18,24H,5,11H2,1-4H3,(H,23,26)/t18-/m1/s1. The number of carbonyl (C=O) groups excluding carboxylic acids is 1. The molecule has 0 saturated heterocycles. The molecular weight excluding hydrogens is 418 g/mol. The number of rotatable bonds is 8. The number of amides is 1. The third-order valence-corrected chi connectivity index (χ3v) is 6.47. The normalized spacial score (nSPS) is 12.9. The maximum absolute atomic E-state index is 13.0. The summed E-state index contributed by atoms with van der Waals surface area (Å²) in [5.74, 6) is -0.934. The molecule has 0 saturated carbocycles. The molecule has 166 valence electrons. The summed E-state index contributed by atoms with van der Waals surface area (Å²) in [6.07, 6.45) is 1.14. The summed E-state index contributed by atoms with van der Waals surface area (Å²) in [4.78, 5) is 24.5. The number of oxazole rings is 1. The van der Waals surface area contributed by atoms with Gasteiger partial charge in [0.25, 0.3) is 0 Å². The van der Waals surface area contributed by atoms with E-state index in [1.807, 2.05) is 39.0 Å². The first-order chi connectivity index (χ1) is 14.6. The van der Waals surface area contributed by atoms with Crippen LogP contribution in [0.3, 0.4) is 0 Å². The lowest BCUT2D eigenvalue weighted by molar-refractivity contribution is -0.118. The molecule has 0 aliphatic rings. The molecule has 1 aromatic heterocycles. The van der Waals surface area contributed by atoms with E-state index in [0.717, 1.165) is 12.0 Å². The van der Waals surface area contributed by atoms with Crippen LogP contribution < -0.4 is 15.8 Å². The van der Waals surface area contributed by atoms with Crippen LogP contribution in [0.5, 0.6) is 0 Å². The Morgan fingerprint density at radius 1 is 1.16 bits per heavy atom. The Hall–Kier alpha value is -2.91. The van der Waals surface area contributed by atoms with E-state index in [0.29, 0.717) is 17.6 Å². The number of nitrogens with zero attached hydrogens (tertiary/aromatic N) is 1. The first kappa shape index (κ1) is 22.8. The number of aromatic nitrogens is 1. The van der Waals surface area contributed by atoms with E-state index < -0.39 is 27.7 Å². The summed E-state index contributed by atoms with van der Waals surface area (Å²) >= 11 is 0. The van der Waals surface area contributed by atoms with Crippen LogP contribution in [0, 0.1) is 5.92 Å². The Balaban J connectivity index is 1.86. The highest BCUT2D eigenvalue weighted by molar-refractivity contribution is 7.89. The molecule has 1 atom stereocenters. The molecule has 0 unspecified atom stereocenters. The summed E-state index contributed by atoms with van der Waals surface area (Å²) in [7, 11) is -2.49. The van der Waals surface area contributed by atoms with Crippen LogP contribution in [0.4, 0.5) is 5.69 Å². The van der Waals surface area contributed by atoms with Crippen molar-refractivity contribution in [3.63, 3.8) is 0 Å².